The second-order valence-corrected chi connectivity index (χ2v) is 7.94. The van der Waals surface area contributed by atoms with Crippen LogP contribution >= 0.6 is 0 Å². The summed E-state index contributed by atoms with van der Waals surface area (Å²) < 4.78 is 2.07. The molecule has 0 amide bonds. The van der Waals surface area contributed by atoms with Crippen LogP contribution in [0.3, 0.4) is 0 Å². The molecule has 9 nitrogen and oxygen atoms in total. The number of anilines is 3. The Morgan fingerprint density at radius 2 is 2.13 bits per heavy atom. The van der Waals surface area contributed by atoms with Gasteiger partial charge in [-0.2, -0.15) is 10.2 Å². The molecule has 0 aromatic carbocycles. The van der Waals surface area contributed by atoms with Crippen LogP contribution in [0.1, 0.15) is 42.8 Å². The topological polar surface area (TPSA) is 135 Å². The molecule has 0 aliphatic carbocycles. The van der Waals surface area contributed by atoms with Crippen LogP contribution in [0.2, 0.25) is 0 Å². The zero-order chi connectivity index (χ0) is 21.4. The molecule has 30 heavy (non-hydrogen) atoms. The number of rotatable bonds is 4. The van der Waals surface area contributed by atoms with Crippen molar-refractivity contribution in [1.82, 2.24) is 19.5 Å². The van der Waals surface area contributed by atoms with Crippen LogP contribution < -0.4 is 21.7 Å². The van der Waals surface area contributed by atoms with Crippen molar-refractivity contribution in [3.05, 3.63) is 35.3 Å². The minimum Gasteiger partial charge on any atom is -0.368 e. The van der Waals surface area contributed by atoms with E-state index in [4.69, 9.17) is 16.5 Å². The normalized spacial score (nSPS) is 17.7. The van der Waals surface area contributed by atoms with Gasteiger partial charge in [0.1, 0.15) is 17.5 Å². The zero-order valence-corrected chi connectivity index (χ0v) is 17.6. The van der Waals surface area contributed by atoms with E-state index in [1.54, 1.807) is 6.92 Å². The van der Waals surface area contributed by atoms with Gasteiger partial charge < -0.3 is 26.3 Å². The first-order chi connectivity index (χ1) is 14.4. The van der Waals surface area contributed by atoms with Gasteiger partial charge in [-0.15, -0.1) is 0 Å². The van der Waals surface area contributed by atoms with Crippen LogP contribution in [-0.4, -0.2) is 38.7 Å². The summed E-state index contributed by atoms with van der Waals surface area (Å²) in [6, 6.07) is 6.30. The predicted octanol–water partition coefficient (Wildman–Crippen LogP) is 2.23. The largest absolute Gasteiger partial charge is 0.368 e. The third kappa shape index (κ3) is 3.62. The number of aryl methyl sites for hydroxylation is 2. The molecule has 9 heteroatoms. The molecule has 1 saturated heterocycles. The molecule has 3 aromatic rings. The molecular weight excluding hydrogens is 378 g/mol. The number of piperidine rings is 1. The quantitative estimate of drug-likeness (QED) is 0.601. The average Bonchev–Trinajstić information content (AvgIpc) is 3.07. The highest BCUT2D eigenvalue weighted by atomic mass is 15.2. The molecule has 5 N–H and O–H groups in total. The maximum absolute atomic E-state index is 9.55. The second kappa shape index (κ2) is 7.80. The van der Waals surface area contributed by atoms with E-state index in [-0.39, 0.29) is 18.0 Å². The highest BCUT2D eigenvalue weighted by molar-refractivity contribution is 5.81. The molecule has 0 radical (unpaired) electrons. The molecule has 0 saturated carbocycles. The van der Waals surface area contributed by atoms with Gasteiger partial charge in [-0.05, 0) is 38.8 Å². The molecule has 1 aliphatic rings. The monoisotopic (exact) mass is 405 g/mol. The standard InChI is InChI=1S/C21H27N9/c1-12-15(10-22)20(28-21(24)26-12)25-13(2)19-18(30-7-4-5-14(23)11-30)9-17-16(27-19)6-8-29(17)3/h6,8-9,13-14H,4-5,7,11,23H2,1-3H3,(H3,24,25,26,28)/t13-,14?/m0/s1. The number of nitrogens with two attached hydrogens (primary N) is 2. The number of fused-ring (bicyclic) bond motifs is 1. The van der Waals surface area contributed by atoms with Crippen LogP contribution in [0.4, 0.5) is 17.5 Å². The van der Waals surface area contributed by atoms with E-state index in [1.807, 2.05) is 26.2 Å². The van der Waals surface area contributed by atoms with Crippen molar-refractivity contribution in [3.63, 3.8) is 0 Å². The number of hydrogen-bond acceptors (Lipinski definition) is 8. The van der Waals surface area contributed by atoms with E-state index < -0.39 is 0 Å². The summed E-state index contributed by atoms with van der Waals surface area (Å²) in [5.74, 6) is 0.557. The first-order valence-electron chi connectivity index (χ1n) is 10.1. The minimum atomic E-state index is -0.205. The predicted molar refractivity (Wildman–Crippen MR) is 118 cm³/mol. The van der Waals surface area contributed by atoms with Crippen LogP contribution in [-0.2, 0) is 7.05 Å². The summed E-state index contributed by atoms with van der Waals surface area (Å²) in [6.07, 6.45) is 4.09. The number of aromatic nitrogens is 4. The Morgan fingerprint density at radius 1 is 1.33 bits per heavy atom. The summed E-state index contributed by atoms with van der Waals surface area (Å²) in [6.45, 7) is 5.49. The second-order valence-electron chi connectivity index (χ2n) is 7.94. The highest BCUT2D eigenvalue weighted by Gasteiger charge is 2.24. The van der Waals surface area contributed by atoms with E-state index in [1.165, 1.54) is 0 Å². The molecule has 0 bridgehead atoms. The van der Waals surface area contributed by atoms with Crippen molar-refractivity contribution in [3.8, 4) is 6.07 Å². The Balaban J connectivity index is 1.77. The summed E-state index contributed by atoms with van der Waals surface area (Å²) in [4.78, 5) is 15.6. The number of hydrogen-bond donors (Lipinski definition) is 3. The van der Waals surface area contributed by atoms with E-state index in [0.717, 1.165) is 48.3 Å². The maximum atomic E-state index is 9.55. The van der Waals surface area contributed by atoms with Crippen LogP contribution in [0.5, 0.6) is 0 Å². The average molecular weight is 406 g/mol. The minimum absolute atomic E-state index is 0.134. The van der Waals surface area contributed by atoms with Gasteiger partial charge >= 0.3 is 0 Å². The molecule has 4 heterocycles. The van der Waals surface area contributed by atoms with Crippen LogP contribution in [0.15, 0.2) is 18.3 Å². The molecule has 1 aliphatic heterocycles. The molecule has 1 unspecified atom stereocenters. The molecular formula is C21H27N9. The molecule has 4 rings (SSSR count). The van der Waals surface area contributed by atoms with Gasteiger partial charge in [-0.3, -0.25) is 0 Å². The first-order valence-corrected chi connectivity index (χ1v) is 10.1. The lowest BCUT2D eigenvalue weighted by Gasteiger charge is -2.34. The number of nitrogen functional groups attached to an aromatic ring is 1. The lowest BCUT2D eigenvalue weighted by atomic mass is 10.0. The van der Waals surface area contributed by atoms with E-state index in [0.29, 0.717) is 17.1 Å². The number of pyridine rings is 1. The smallest absolute Gasteiger partial charge is 0.222 e. The van der Waals surface area contributed by atoms with Crippen molar-refractivity contribution >= 4 is 28.5 Å². The fourth-order valence-electron chi connectivity index (χ4n) is 4.10. The number of nitrogens with zero attached hydrogens (tertiary/aromatic N) is 6. The molecule has 0 spiro atoms. The van der Waals surface area contributed by atoms with Gasteiger partial charge in [-0.25, -0.2) is 9.97 Å². The Bertz CT molecular complexity index is 1130. The van der Waals surface area contributed by atoms with Gasteiger partial charge in [0.25, 0.3) is 0 Å². The lowest BCUT2D eigenvalue weighted by molar-refractivity contribution is 0.504. The Kier molecular flexibility index (Phi) is 5.18. The van der Waals surface area contributed by atoms with E-state index >= 15 is 0 Å². The van der Waals surface area contributed by atoms with Crippen molar-refractivity contribution < 1.29 is 0 Å². The van der Waals surface area contributed by atoms with Crippen LogP contribution in [0, 0.1) is 18.3 Å². The third-order valence-electron chi connectivity index (χ3n) is 5.66. The fraction of sp³-hybridized carbons (Fsp3) is 0.429. The van der Waals surface area contributed by atoms with Gasteiger partial charge in [-0.1, -0.05) is 0 Å². The first kappa shape index (κ1) is 19.9. The SMILES string of the molecule is Cc1nc(N)nc(N[C@@H](C)c2nc3ccn(C)c3cc2N2CCCC(N)C2)c1C#N. The maximum Gasteiger partial charge on any atom is 0.222 e. The number of nitriles is 1. The summed E-state index contributed by atoms with van der Waals surface area (Å²) in [5.41, 5.74) is 17.0. The fourth-order valence-corrected chi connectivity index (χ4v) is 4.10. The van der Waals surface area contributed by atoms with Gasteiger partial charge in [0, 0.05) is 32.4 Å². The highest BCUT2D eigenvalue weighted by Crippen LogP contribution is 2.33. The molecule has 2 atom stereocenters. The molecule has 3 aromatic heterocycles. The lowest BCUT2D eigenvalue weighted by Crippen LogP contribution is -2.43. The Morgan fingerprint density at radius 3 is 2.87 bits per heavy atom. The summed E-state index contributed by atoms with van der Waals surface area (Å²) in [7, 11) is 2.02. The Labute approximate surface area is 175 Å². The summed E-state index contributed by atoms with van der Waals surface area (Å²) >= 11 is 0. The number of nitrogens with one attached hydrogen (secondary N) is 1. The van der Waals surface area contributed by atoms with Crippen molar-refractivity contribution in [1.29, 1.82) is 5.26 Å². The van der Waals surface area contributed by atoms with Gasteiger partial charge in [0.05, 0.1) is 34.2 Å². The summed E-state index contributed by atoms with van der Waals surface area (Å²) in [5, 5.41) is 12.9. The van der Waals surface area contributed by atoms with Gasteiger partial charge in [0.2, 0.25) is 5.95 Å². The zero-order valence-electron chi connectivity index (χ0n) is 17.6. The van der Waals surface area contributed by atoms with Crippen molar-refractivity contribution in [2.75, 3.05) is 29.0 Å². The molecule has 156 valence electrons. The van der Waals surface area contributed by atoms with Crippen molar-refractivity contribution in [2.24, 2.45) is 12.8 Å². The Hall–Kier alpha value is -3.38. The van der Waals surface area contributed by atoms with E-state index in [2.05, 4.69) is 36.9 Å². The van der Waals surface area contributed by atoms with Gasteiger partial charge in [0.15, 0.2) is 0 Å². The van der Waals surface area contributed by atoms with E-state index in [9.17, 15) is 5.26 Å². The third-order valence-corrected chi connectivity index (χ3v) is 5.66. The van der Waals surface area contributed by atoms with Crippen molar-refractivity contribution in [2.45, 2.75) is 38.8 Å². The molecule has 1 fully saturated rings. The van der Waals surface area contributed by atoms with Crippen LogP contribution in [0.25, 0.3) is 11.0 Å².